The molecular formula is C30H29F3N4O3S. The lowest BCUT2D eigenvalue weighted by molar-refractivity contribution is -0.137. The number of halogens is 3. The van der Waals surface area contributed by atoms with E-state index in [2.05, 4.69) is 20.6 Å². The van der Waals surface area contributed by atoms with Crippen LogP contribution in [0.4, 0.5) is 18.0 Å². The summed E-state index contributed by atoms with van der Waals surface area (Å²) >= 11 is 1.31. The quantitative estimate of drug-likeness (QED) is 0.237. The normalized spacial score (nSPS) is 12.5. The second-order valence-electron chi connectivity index (χ2n) is 10.4. The molecular weight excluding hydrogens is 553 g/mol. The van der Waals surface area contributed by atoms with Crippen LogP contribution in [0.1, 0.15) is 60.1 Å². The van der Waals surface area contributed by atoms with Crippen molar-refractivity contribution in [2.45, 2.75) is 52.1 Å². The van der Waals surface area contributed by atoms with Crippen LogP contribution in [0.3, 0.4) is 0 Å². The smallest absolute Gasteiger partial charge is 0.416 e. The Bertz CT molecular complexity index is 1510. The Morgan fingerprint density at radius 2 is 1.63 bits per heavy atom. The van der Waals surface area contributed by atoms with Crippen LogP contribution in [0.15, 0.2) is 72.6 Å². The van der Waals surface area contributed by atoms with Crippen molar-refractivity contribution in [2.75, 3.05) is 0 Å². The van der Waals surface area contributed by atoms with Crippen molar-refractivity contribution in [2.24, 2.45) is 0 Å². The van der Waals surface area contributed by atoms with Crippen LogP contribution < -0.4 is 10.6 Å². The predicted octanol–water partition coefficient (Wildman–Crippen LogP) is 7.41. The summed E-state index contributed by atoms with van der Waals surface area (Å²) in [6.07, 6.45) is -0.419. The number of ether oxygens (including phenoxy) is 1. The maximum Gasteiger partial charge on any atom is 0.416 e. The molecule has 0 saturated carbocycles. The number of hydrogen-bond donors (Lipinski definition) is 2. The summed E-state index contributed by atoms with van der Waals surface area (Å²) in [5.41, 5.74) is 2.28. The third-order valence-electron chi connectivity index (χ3n) is 6.05. The third kappa shape index (κ3) is 7.91. The summed E-state index contributed by atoms with van der Waals surface area (Å²) in [6.45, 7) is 6.97. The second kappa shape index (κ2) is 12.1. The molecule has 0 aliphatic heterocycles. The lowest BCUT2D eigenvalue weighted by atomic mass is 9.95. The van der Waals surface area contributed by atoms with Crippen LogP contribution in [0.2, 0.25) is 0 Å². The minimum absolute atomic E-state index is 0.0193. The number of carbonyl (C=O) groups is 2. The van der Waals surface area contributed by atoms with Crippen LogP contribution in [0.25, 0.3) is 22.3 Å². The zero-order valence-corrected chi connectivity index (χ0v) is 23.7. The van der Waals surface area contributed by atoms with E-state index in [0.717, 1.165) is 28.8 Å². The van der Waals surface area contributed by atoms with Crippen molar-refractivity contribution in [1.82, 2.24) is 20.6 Å². The van der Waals surface area contributed by atoms with Crippen LogP contribution >= 0.6 is 11.3 Å². The summed E-state index contributed by atoms with van der Waals surface area (Å²) in [7, 11) is 0. The van der Waals surface area contributed by atoms with Crippen molar-refractivity contribution < 1.29 is 27.5 Å². The van der Waals surface area contributed by atoms with Gasteiger partial charge in [0.2, 0.25) is 0 Å². The topological polar surface area (TPSA) is 93.2 Å². The van der Waals surface area contributed by atoms with Gasteiger partial charge in [-0.05, 0) is 79.1 Å². The van der Waals surface area contributed by atoms with Gasteiger partial charge in [0.25, 0.3) is 5.91 Å². The molecule has 2 heterocycles. The van der Waals surface area contributed by atoms with Gasteiger partial charge in [0.15, 0.2) is 0 Å². The number of benzene rings is 2. The van der Waals surface area contributed by atoms with E-state index in [0.29, 0.717) is 21.6 Å². The molecule has 214 valence electrons. The number of aromatic nitrogens is 2. The number of rotatable bonds is 7. The minimum Gasteiger partial charge on any atom is -0.444 e. The Morgan fingerprint density at radius 1 is 0.951 bits per heavy atom. The molecule has 0 radical (unpaired) electrons. The highest BCUT2D eigenvalue weighted by Gasteiger charge is 2.31. The number of nitrogens with one attached hydrogen (secondary N) is 2. The first kappa shape index (κ1) is 29.7. The Kier molecular flexibility index (Phi) is 8.77. The maximum absolute atomic E-state index is 13.5. The SMILES string of the molecule is C[C@@H](NC(=O)c1cc(-c2cncnc2)cs1)c1ccc(-c2cc(C(F)(F)F)ccc2CNC(=O)OC(C)(C)C)cc1. The van der Waals surface area contributed by atoms with Crippen LogP contribution in [-0.2, 0) is 17.5 Å². The fourth-order valence-corrected chi connectivity index (χ4v) is 4.83. The van der Waals surface area contributed by atoms with E-state index in [1.54, 1.807) is 63.5 Å². The number of carbonyl (C=O) groups excluding carboxylic acids is 2. The van der Waals surface area contributed by atoms with Crippen molar-refractivity contribution >= 4 is 23.3 Å². The zero-order chi connectivity index (χ0) is 29.8. The summed E-state index contributed by atoms with van der Waals surface area (Å²) in [5.74, 6) is -0.247. The van der Waals surface area contributed by atoms with Crippen molar-refractivity contribution in [1.29, 1.82) is 0 Å². The number of alkyl halides is 3. The van der Waals surface area contributed by atoms with E-state index >= 15 is 0 Å². The van der Waals surface area contributed by atoms with Gasteiger partial charge in [-0.2, -0.15) is 13.2 Å². The first-order chi connectivity index (χ1) is 19.3. The number of hydrogen-bond acceptors (Lipinski definition) is 6. The fourth-order valence-electron chi connectivity index (χ4n) is 4.01. The largest absolute Gasteiger partial charge is 0.444 e. The third-order valence-corrected chi connectivity index (χ3v) is 6.97. The molecule has 2 aromatic heterocycles. The molecule has 0 aliphatic carbocycles. The van der Waals surface area contributed by atoms with Gasteiger partial charge in [-0.3, -0.25) is 4.79 Å². The molecule has 0 saturated heterocycles. The van der Waals surface area contributed by atoms with E-state index < -0.39 is 23.4 Å². The highest BCUT2D eigenvalue weighted by atomic mass is 32.1. The molecule has 2 amide bonds. The van der Waals surface area contributed by atoms with Gasteiger partial charge in [-0.1, -0.05) is 30.3 Å². The van der Waals surface area contributed by atoms with Crippen molar-refractivity contribution in [3.63, 3.8) is 0 Å². The average molecular weight is 583 g/mol. The summed E-state index contributed by atoms with van der Waals surface area (Å²) in [5, 5.41) is 7.42. The number of amides is 2. The molecule has 0 aliphatic rings. The van der Waals surface area contributed by atoms with Crippen molar-refractivity contribution in [3.05, 3.63) is 94.2 Å². The Morgan fingerprint density at radius 3 is 2.27 bits per heavy atom. The van der Waals surface area contributed by atoms with Gasteiger partial charge in [0, 0.05) is 24.5 Å². The van der Waals surface area contributed by atoms with Gasteiger partial charge in [-0.25, -0.2) is 14.8 Å². The maximum atomic E-state index is 13.5. The summed E-state index contributed by atoms with van der Waals surface area (Å²) in [4.78, 5) is 33.5. The highest BCUT2D eigenvalue weighted by molar-refractivity contribution is 7.12. The number of alkyl carbamates (subject to hydrolysis) is 1. The molecule has 2 aromatic carbocycles. The second-order valence-corrected chi connectivity index (χ2v) is 11.3. The Labute approximate surface area is 239 Å². The summed E-state index contributed by atoms with van der Waals surface area (Å²) in [6, 6.07) is 11.7. The molecule has 4 rings (SSSR count). The summed E-state index contributed by atoms with van der Waals surface area (Å²) < 4.78 is 45.8. The lowest BCUT2D eigenvalue weighted by Gasteiger charge is -2.20. The van der Waals surface area contributed by atoms with E-state index in [9.17, 15) is 22.8 Å². The molecule has 1 atom stereocenters. The van der Waals surface area contributed by atoms with Crippen LogP contribution in [-0.4, -0.2) is 27.6 Å². The van der Waals surface area contributed by atoms with E-state index in [-0.39, 0.29) is 18.5 Å². The number of nitrogens with zero attached hydrogens (tertiary/aromatic N) is 2. The van der Waals surface area contributed by atoms with Crippen LogP contribution in [0.5, 0.6) is 0 Å². The highest BCUT2D eigenvalue weighted by Crippen LogP contribution is 2.35. The monoisotopic (exact) mass is 582 g/mol. The first-order valence-electron chi connectivity index (χ1n) is 12.7. The fraction of sp³-hybridized carbons (Fsp3) is 0.267. The molecule has 2 N–H and O–H groups in total. The van der Waals surface area contributed by atoms with E-state index in [1.165, 1.54) is 23.7 Å². The standard InChI is InChI=1S/C30H29F3N4O3S/c1-18(37-27(38)26-11-22(16-41-26)23-13-34-17-35-14-23)19-5-7-20(8-6-19)25-12-24(30(31,32)33)10-9-21(25)15-36-28(39)40-29(2,3)4/h5-14,16-18H,15H2,1-4H3,(H,36,39)(H,37,38)/t18-/m1/s1. The molecule has 0 unspecified atom stereocenters. The molecule has 11 heteroatoms. The van der Waals surface area contributed by atoms with E-state index in [4.69, 9.17) is 4.74 Å². The molecule has 4 aromatic rings. The average Bonchev–Trinajstić information content (AvgIpc) is 3.42. The van der Waals surface area contributed by atoms with Crippen molar-refractivity contribution in [3.8, 4) is 22.3 Å². The molecule has 0 fully saturated rings. The first-order valence-corrected chi connectivity index (χ1v) is 13.6. The predicted molar refractivity (Wildman–Crippen MR) is 151 cm³/mol. The minimum atomic E-state index is -4.53. The molecule has 0 bridgehead atoms. The lowest BCUT2D eigenvalue weighted by Crippen LogP contribution is -2.32. The van der Waals surface area contributed by atoms with Gasteiger partial charge < -0.3 is 15.4 Å². The molecule has 7 nitrogen and oxygen atoms in total. The van der Waals surface area contributed by atoms with Gasteiger partial charge in [-0.15, -0.1) is 11.3 Å². The number of thiophene rings is 1. The van der Waals surface area contributed by atoms with Gasteiger partial charge >= 0.3 is 12.3 Å². The molecule has 0 spiro atoms. The van der Waals surface area contributed by atoms with Gasteiger partial charge in [0.1, 0.15) is 11.9 Å². The zero-order valence-electron chi connectivity index (χ0n) is 22.9. The Hall–Kier alpha value is -4.25. The molecule has 41 heavy (non-hydrogen) atoms. The van der Waals surface area contributed by atoms with Gasteiger partial charge in [0.05, 0.1) is 16.5 Å². The van der Waals surface area contributed by atoms with E-state index in [1.807, 2.05) is 12.3 Å². The Balaban J connectivity index is 1.50. The van der Waals surface area contributed by atoms with Crippen LogP contribution in [0, 0.1) is 0 Å².